The minimum absolute atomic E-state index is 0.306. The van der Waals surface area contributed by atoms with Crippen molar-refractivity contribution in [1.29, 1.82) is 0 Å². The van der Waals surface area contributed by atoms with Crippen molar-refractivity contribution in [2.24, 2.45) is 0 Å². The normalized spacial score (nSPS) is 10.9. The molecule has 0 saturated carbocycles. The van der Waals surface area contributed by atoms with E-state index in [0.717, 1.165) is 11.1 Å². The Morgan fingerprint density at radius 1 is 0.893 bits per heavy atom. The third kappa shape index (κ3) is 5.00. The van der Waals surface area contributed by atoms with E-state index in [-0.39, 0.29) is 5.82 Å². The summed E-state index contributed by atoms with van der Waals surface area (Å²) in [5.74, 6) is 1.02. The number of methoxy groups -OCH3 is 2. The molecule has 0 aliphatic carbocycles. The smallest absolute Gasteiger partial charge is 0.161 e. The molecule has 0 atom stereocenters. The standard InChI is InChI=1S/C22H22ClFN2O2/c1-27-21-7-6-17(12-22(21)28-2)14-26(13-16-8-10-25-11-9-16)15-18-19(23)4-3-5-20(18)24/h3-12H,13-15H2,1-2H3. The minimum Gasteiger partial charge on any atom is -0.493 e. The molecule has 1 aromatic heterocycles. The zero-order chi connectivity index (χ0) is 19.9. The average molecular weight is 401 g/mol. The molecule has 4 nitrogen and oxygen atoms in total. The van der Waals surface area contributed by atoms with Crippen LogP contribution in [0.25, 0.3) is 0 Å². The molecule has 3 rings (SSSR count). The van der Waals surface area contributed by atoms with Gasteiger partial charge < -0.3 is 9.47 Å². The zero-order valence-corrected chi connectivity index (χ0v) is 16.6. The zero-order valence-electron chi connectivity index (χ0n) is 15.9. The SMILES string of the molecule is COc1ccc(CN(Cc2ccncc2)Cc2c(F)cccc2Cl)cc1OC. The topological polar surface area (TPSA) is 34.6 Å². The second-order valence-electron chi connectivity index (χ2n) is 6.39. The largest absolute Gasteiger partial charge is 0.493 e. The van der Waals surface area contributed by atoms with Crippen molar-refractivity contribution in [3.63, 3.8) is 0 Å². The lowest BCUT2D eigenvalue weighted by Crippen LogP contribution is -2.23. The predicted molar refractivity (Wildman–Crippen MR) is 108 cm³/mol. The summed E-state index contributed by atoms with van der Waals surface area (Å²) >= 11 is 6.25. The van der Waals surface area contributed by atoms with Crippen LogP contribution in [0.5, 0.6) is 11.5 Å². The Bertz CT molecular complexity index is 901. The van der Waals surface area contributed by atoms with Gasteiger partial charge in [0.1, 0.15) is 5.82 Å². The van der Waals surface area contributed by atoms with Crippen molar-refractivity contribution in [3.8, 4) is 11.5 Å². The fourth-order valence-corrected chi connectivity index (χ4v) is 3.28. The monoisotopic (exact) mass is 400 g/mol. The number of aromatic nitrogens is 1. The van der Waals surface area contributed by atoms with Gasteiger partial charge in [0.15, 0.2) is 11.5 Å². The maximum Gasteiger partial charge on any atom is 0.161 e. The van der Waals surface area contributed by atoms with Crippen LogP contribution in [0.2, 0.25) is 5.02 Å². The highest BCUT2D eigenvalue weighted by atomic mass is 35.5. The molecule has 0 unspecified atom stereocenters. The molecular weight excluding hydrogens is 379 g/mol. The molecule has 0 bridgehead atoms. The van der Waals surface area contributed by atoms with Crippen LogP contribution in [0.4, 0.5) is 4.39 Å². The van der Waals surface area contributed by atoms with Gasteiger partial charge in [0.25, 0.3) is 0 Å². The number of benzene rings is 2. The molecule has 0 saturated heterocycles. The van der Waals surface area contributed by atoms with Crippen molar-refractivity contribution >= 4 is 11.6 Å². The number of nitrogens with zero attached hydrogens (tertiary/aromatic N) is 2. The Balaban J connectivity index is 1.88. The van der Waals surface area contributed by atoms with Crippen LogP contribution in [-0.4, -0.2) is 24.1 Å². The van der Waals surface area contributed by atoms with Gasteiger partial charge in [0.05, 0.1) is 14.2 Å². The molecule has 0 fully saturated rings. The van der Waals surface area contributed by atoms with E-state index < -0.39 is 0 Å². The van der Waals surface area contributed by atoms with Gasteiger partial charge >= 0.3 is 0 Å². The van der Waals surface area contributed by atoms with E-state index in [2.05, 4.69) is 9.88 Å². The maximum absolute atomic E-state index is 14.3. The van der Waals surface area contributed by atoms with Crippen LogP contribution in [0, 0.1) is 5.82 Å². The van der Waals surface area contributed by atoms with Gasteiger partial charge in [-0.1, -0.05) is 23.7 Å². The lowest BCUT2D eigenvalue weighted by molar-refractivity contribution is 0.243. The quantitative estimate of drug-likeness (QED) is 0.527. The second-order valence-corrected chi connectivity index (χ2v) is 6.80. The molecule has 0 spiro atoms. The first-order valence-electron chi connectivity index (χ1n) is 8.85. The number of halogens is 2. The summed E-state index contributed by atoms with van der Waals surface area (Å²) in [5, 5.41) is 0.423. The fraction of sp³-hybridized carbons (Fsp3) is 0.227. The van der Waals surface area contributed by atoms with Crippen molar-refractivity contribution in [1.82, 2.24) is 9.88 Å². The number of pyridine rings is 1. The molecule has 6 heteroatoms. The average Bonchev–Trinajstić information content (AvgIpc) is 2.71. The third-order valence-corrected chi connectivity index (χ3v) is 4.81. The summed E-state index contributed by atoms with van der Waals surface area (Å²) < 4.78 is 25.1. The summed E-state index contributed by atoms with van der Waals surface area (Å²) in [5.41, 5.74) is 2.60. The third-order valence-electron chi connectivity index (χ3n) is 4.45. The fourth-order valence-electron chi connectivity index (χ4n) is 3.06. The first kappa shape index (κ1) is 20.1. The van der Waals surface area contributed by atoms with Gasteiger partial charge in [-0.25, -0.2) is 4.39 Å². The van der Waals surface area contributed by atoms with Crippen molar-refractivity contribution in [2.75, 3.05) is 14.2 Å². The minimum atomic E-state index is -0.306. The second kappa shape index (κ2) is 9.53. The van der Waals surface area contributed by atoms with Gasteiger partial charge in [-0.05, 0) is 47.5 Å². The van der Waals surface area contributed by atoms with Crippen molar-refractivity contribution in [2.45, 2.75) is 19.6 Å². The number of rotatable bonds is 8. The summed E-state index contributed by atoms with van der Waals surface area (Å²) in [7, 11) is 3.21. The van der Waals surface area contributed by atoms with Gasteiger partial charge in [-0.3, -0.25) is 9.88 Å². The Kier molecular flexibility index (Phi) is 6.85. The summed E-state index contributed by atoms with van der Waals surface area (Å²) in [6.07, 6.45) is 3.50. The molecular formula is C22H22ClFN2O2. The Morgan fingerprint density at radius 2 is 1.61 bits per heavy atom. The first-order chi connectivity index (χ1) is 13.6. The van der Waals surface area contributed by atoms with Crippen LogP contribution in [0.3, 0.4) is 0 Å². The molecule has 0 radical (unpaired) electrons. The van der Waals surface area contributed by atoms with Gasteiger partial charge in [0.2, 0.25) is 0 Å². The van der Waals surface area contributed by atoms with Crippen molar-refractivity contribution in [3.05, 3.63) is 88.5 Å². The lowest BCUT2D eigenvalue weighted by Gasteiger charge is -2.24. The summed E-state index contributed by atoms with van der Waals surface area (Å²) in [6.45, 7) is 1.59. The molecule has 0 aliphatic heterocycles. The highest BCUT2D eigenvalue weighted by molar-refractivity contribution is 6.31. The highest BCUT2D eigenvalue weighted by Gasteiger charge is 2.15. The van der Waals surface area contributed by atoms with E-state index >= 15 is 0 Å². The van der Waals surface area contributed by atoms with Gasteiger partial charge in [-0.15, -0.1) is 0 Å². The summed E-state index contributed by atoms with van der Waals surface area (Å²) in [4.78, 5) is 6.19. The van der Waals surface area contributed by atoms with Gasteiger partial charge in [-0.2, -0.15) is 0 Å². The molecule has 146 valence electrons. The van der Waals surface area contributed by atoms with Crippen LogP contribution < -0.4 is 9.47 Å². The van der Waals surface area contributed by atoms with Gasteiger partial charge in [0, 0.05) is 42.6 Å². The maximum atomic E-state index is 14.3. The van der Waals surface area contributed by atoms with E-state index in [1.54, 1.807) is 38.7 Å². The predicted octanol–water partition coefficient (Wildman–Crippen LogP) is 5.09. The van der Waals surface area contributed by atoms with E-state index in [4.69, 9.17) is 21.1 Å². The van der Waals surface area contributed by atoms with Crippen LogP contribution >= 0.6 is 11.6 Å². The van der Waals surface area contributed by atoms with E-state index in [0.29, 0.717) is 41.7 Å². The van der Waals surface area contributed by atoms with Crippen molar-refractivity contribution < 1.29 is 13.9 Å². The number of ether oxygens (including phenoxy) is 2. The summed E-state index contributed by atoms with van der Waals surface area (Å²) in [6, 6.07) is 14.4. The molecule has 2 aromatic carbocycles. The van der Waals surface area contributed by atoms with E-state index in [1.165, 1.54) is 6.07 Å². The van der Waals surface area contributed by atoms with Crippen LogP contribution in [0.15, 0.2) is 60.9 Å². The Morgan fingerprint density at radius 3 is 2.29 bits per heavy atom. The Hall–Kier alpha value is -2.63. The molecule has 0 N–H and O–H groups in total. The molecule has 0 aliphatic rings. The molecule has 28 heavy (non-hydrogen) atoms. The van der Waals surface area contributed by atoms with Crippen LogP contribution in [0.1, 0.15) is 16.7 Å². The lowest BCUT2D eigenvalue weighted by atomic mass is 10.1. The molecule has 1 heterocycles. The number of hydrogen-bond donors (Lipinski definition) is 0. The van der Waals surface area contributed by atoms with E-state index in [1.807, 2.05) is 30.3 Å². The number of hydrogen-bond acceptors (Lipinski definition) is 4. The highest BCUT2D eigenvalue weighted by Crippen LogP contribution is 2.29. The first-order valence-corrected chi connectivity index (χ1v) is 9.23. The van der Waals surface area contributed by atoms with Crippen LogP contribution in [-0.2, 0) is 19.6 Å². The van der Waals surface area contributed by atoms with E-state index in [9.17, 15) is 4.39 Å². The Labute approximate surface area is 169 Å². The molecule has 0 amide bonds. The molecule has 3 aromatic rings.